The van der Waals surface area contributed by atoms with Crippen molar-refractivity contribution in [2.75, 3.05) is 18.1 Å². The molecule has 0 aromatic carbocycles. The molecule has 0 saturated heterocycles. The summed E-state index contributed by atoms with van der Waals surface area (Å²) < 4.78 is 0. The van der Waals surface area contributed by atoms with Crippen LogP contribution in [0.5, 0.6) is 0 Å². The van der Waals surface area contributed by atoms with Crippen LogP contribution in [0.15, 0.2) is 0 Å². The van der Waals surface area contributed by atoms with Crippen molar-refractivity contribution in [3.05, 3.63) is 0 Å². The van der Waals surface area contributed by atoms with Crippen LogP contribution in [0.1, 0.15) is 13.8 Å². The zero-order valence-electron chi connectivity index (χ0n) is 6.71. The van der Waals surface area contributed by atoms with Crippen LogP contribution >= 0.6 is 11.8 Å². The molecule has 0 amide bonds. The number of hydrogen-bond donors (Lipinski definition) is 2. The lowest BCUT2D eigenvalue weighted by Crippen LogP contribution is -2.18. The van der Waals surface area contributed by atoms with Crippen molar-refractivity contribution < 1.29 is 5.11 Å². The van der Waals surface area contributed by atoms with Crippen LogP contribution in [0.2, 0.25) is 0 Å². The summed E-state index contributed by atoms with van der Waals surface area (Å²) in [7, 11) is 0. The molecule has 0 rings (SSSR count). The van der Waals surface area contributed by atoms with Crippen LogP contribution in [0, 0.1) is 5.92 Å². The van der Waals surface area contributed by atoms with Crippen molar-refractivity contribution in [2.45, 2.75) is 19.9 Å². The number of hydrogen-bond acceptors (Lipinski definition) is 3. The van der Waals surface area contributed by atoms with Gasteiger partial charge >= 0.3 is 0 Å². The van der Waals surface area contributed by atoms with E-state index in [-0.39, 0.29) is 12.6 Å². The van der Waals surface area contributed by atoms with Gasteiger partial charge in [-0.2, -0.15) is 11.8 Å². The highest BCUT2D eigenvalue weighted by atomic mass is 32.2. The average Bonchev–Trinajstić information content (AvgIpc) is 1.87. The lowest BCUT2D eigenvalue weighted by Gasteiger charge is -2.08. The third-order valence-electron chi connectivity index (χ3n) is 1.09. The number of thioether (sulfide) groups is 1. The summed E-state index contributed by atoms with van der Waals surface area (Å²) >= 11 is 1.81. The van der Waals surface area contributed by atoms with Crippen molar-refractivity contribution >= 4 is 11.8 Å². The molecule has 0 heterocycles. The second kappa shape index (κ2) is 6.01. The molecule has 62 valence electrons. The zero-order valence-corrected chi connectivity index (χ0v) is 7.53. The Balaban J connectivity index is 3.03. The Morgan fingerprint density at radius 2 is 2.00 bits per heavy atom. The topological polar surface area (TPSA) is 46.2 Å². The normalized spacial score (nSPS) is 16.8. The van der Waals surface area contributed by atoms with Crippen molar-refractivity contribution in [3.63, 3.8) is 0 Å². The monoisotopic (exact) mass is 163 g/mol. The summed E-state index contributed by atoms with van der Waals surface area (Å²) in [6, 6.07) is 0.274. The summed E-state index contributed by atoms with van der Waals surface area (Å²) in [5.74, 6) is 2.41. The molecular weight excluding hydrogens is 146 g/mol. The zero-order chi connectivity index (χ0) is 7.98. The van der Waals surface area contributed by atoms with Crippen LogP contribution in [0.3, 0.4) is 0 Å². The van der Waals surface area contributed by atoms with Gasteiger partial charge in [-0.25, -0.2) is 0 Å². The maximum Gasteiger partial charge on any atom is 0.0464 e. The summed E-state index contributed by atoms with van der Waals surface area (Å²) in [4.78, 5) is 0. The molecule has 0 aromatic heterocycles. The fraction of sp³-hybridized carbons (Fsp3) is 1.00. The Bertz CT molecular complexity index is 78.0. The molecule has 0 aliphatic heterocycles. The standard InChI is InChI=1S/C7H17NOS/c1-6(3-9)4-10-5-7(2)8/h6-7,9H,3-5,8H2,1-2H3/t6?,7-/m1/s1. The van der Waals surface area contributed by atoms with E-state index in [1.807, 2.05) is 25.6 Å². The van der Waals surface area contributed by atoms with Crippen molar-refractivity contribution in [2.24, 2.45) is 11.7 Å². The number of nitrogens with two attached hydrogens (primary N) is 1. The first-order valence-electron chi connectivity index (χ1n) is 3.61. The van der Waals surface area contributed by atoms with Gasteiger partial charge in [0.25, 0.3) is 0 Å². The average molecular weight is 163 g/mol. The predicted octanol–water partition coefficient (Wildman–Crippen LogP) is 0.695. The molecule has 1 unspecified atom stereocenters. The van der Waals surface area contributed by atoms with E-state index in [1.54, 1.807) is 0 Å². The van der Waals surface area contributed by atoms with Gasteiger partial charge in [-0.05, 0) is 18.6 Å². The second-order valence-electron chi connectivity index (χ2n) is 2.80. The molecule has 2 atom stereocenters. The largest absolute Gasteiger partial charge is 0.396 e. The first-order valence-corrected chi connectivity index (χ1v) is 4.76. The quantitative estimate of drug-likeness (QED) is 0.627. The van der Waals surface area contributed by atoms with Gasteiger partial charge < -0.3 is 10.8 Å². The highest BCUT2D eigenvalue weighted by Crippen LogP contribution is 2.07. The van der Waals surface area contributed by atoms with Gasteiger partial charge in [0.2, 0.25) is 0 Å². The van der Waals surface area contributed by atoms with E-state index in [4.69, 9.17) is 10.8 Å². The molecule has 0 aliphatic rings. The maximum absolute atomic E-state index is 8.66. The Morgan fingerprint density at radius 1 is 1.40 bits per heavy atom. The minimum Gasteiger partial charge on any atom is -0.396 e. The molecule has 2 nitrogen and oxygen atoms in total. The number of aliphatic hydroxyl groups excluding tert-OH is 1. The molecule has 0 radical (unpaired) electrons. The minimum atomic E-state index is 0.274. The van der Waals surface area contributed by atoms with Crippen LogP contribution in [-0.2, 0) is 0 Å². The lowest BCUT2D eigenvalue weighted by molar-refractivity contribution is 0.250. The van der Waals surface area contributed by atoms with Crippen LogP contribution in [-0.4, -0.2) is 29.3 Å². The molecule has 0 aromatic rings. The predicted molar refractivity (Wildman–Crippen MR) is 47.2 cm³/mol. The smallest absolute Gasteiger partial charge is 0.0464 e. The van der Waals surface area contributed by atoms with Gasteiger partial charge in [-0.1, -0.05) is 6.92 Å². The summed E-state index contributed by atoms with van der Waals surface area (Å²) in [6.45, 7) is 4.32. The van der Waals surface area contributed by atoms with Crippen LogP contribution in [0.25, 0.3) is 0 Å². The van der Waals surface area contributed by atoms with Gasteiger partial charge in [0, 0.05) is 18.4 Å². The van der Waals surface area contributed by atoms with Gasteiger partial charge in [-0.15, -0.1) is 0 Å². The molecular formula is C7H17NOS. The van der Waals surface area contributed by atoms with E-state index in [2.05, 4.69) is 0 Å². The SMILES string of the molecule is CC(CO)CSC[C@@H](C)N. The summed E-state index contributed by atoms with van der Waals surface area (Å²) in [5, 5.41) is 8.66. The van der Waals surface area contributed by atoms with Crippen molar-refractivity contribution in [3.8, 4) is 0 Å². The van der Waals surface area contributed by atoms with E-state index in [1.165, 1.54) is 0 Å². The van der Waals surface area contributed by atoms with Gasteiger partial charge in [0.15, 0.2) is 0 Å². The minimum absolute atomic E-state index is 0.274. The van der Waals surface area contributed by atoms with E-state index >= 15 is 0 Å². The Hall–Kier alpha value is 0.270. The lowest BCUT2D eigenvalue weighted by atomic mass is 10.2. The first-order chi connectivity index (χ1) is 4.66. The molecule has 3 heteroatoms. The fourth-order valence-electron chi connectivity index (χ4n) is 0.508. The molecule has 0 aliphatic carbocycles. The van der Waals surface area contributed by atoms with Crippen molar-refractivity contribution in [1.82, 2.24) is 0 Å². The van der Waals surface area contributed by atoms with Crippen LogP contribution < -0.4 is 5.73 Å². The molecule has 0 spiro atoms. The van der Waals surface area contributed by atoms with E-state index < -0.39 is 0 Å². The number of rotatable bonds is 5. The fourth-order valence-corrected chi connectivity index (χ4v) is 1.52. The number of aliphatic hydroxyl groups is 1. The summed E-state index contributed by atoms with van der Waals surface area (Å²) in [6.07, 6.45) is 0. The molecule has 0 saturated carbocycles. The van der Waals surface area contributed by atoms with E-state index in [0.717, 1.165) is 11.5 Å². The third-order valence-corrected chi connectivity index (χ3v) is 2.66. The molecule has 0 bridgehead atoms. The third kappa shape index (κ3) is 6.39. The highest BCUT2D eigenvalue weighted by molar-refractivity contribution is 7.99. The van der Waals surface area contributed by atoms with Gasteiger partial charge in [-0.3, -0.25) is 0 Å². The molecule has 10 heavy (non-hydrogen) atoms. The maximum atomic E-state index is 8.66. The molecule has 0 fully saturated rings. The molecule has 3 N–H and O–H groups in total. The van der Waals surface area contributed by atoms with E-state index in [0.29, 0.717) is 5.92 Å². The Morgan fingerprint density at radius 3 is 2.40 bits per heavy atom. The van der Waals surface area contributed by atoms with Gasteiger partial charge in [0.05, 0.1) is 0 Å². The first kappa shape index (κ1) is 10.3. The second-order valence-corrected chi connectivity index (χ2v) is 3.88. The Kier molecular flexibility index (Phi) is 6.17. The van der Waals surface area contributed by atoms with Crippen molar-refractivity contribution in [1.29, 1.82) is 0 Å². The summed E-state index contributed by atoms with van der Waals surface area (Å²) in [5.41, 5.74) is 5.54. The highest BCUT2D eigenvalue weighted by Gasteiger charge is 2.00. The van der Waals surface area contributed by atoms with Crippen LogP contribution in [0.4, 0.5) is 0 Å². The van der Waals surface area contributed by atoms with E-state index in [9.17, 15) is 0 Å². The van der Waals surface area contributed by atoms with Gasteiger partial charge in [0.1, 0.15) is 0 Å². The Labute approximate surface area is 67.2 Å².